The van der Waals surface area contributed by atoms with Gasteiger partial charge in [-0.3, -0.25) is 4.79 Å². The van der Waals surface area contributed by atoms with Crippen LogP contribution in [-0.4, -0.2) is 12.5 Å². The number of rotatable bonds is 2. The summed E-state index contributed by atoms with van der Waals surface area (Å²) in [6.07, 6.45) is 6.90. The van der Waals surface area contributed by atoms with Crippen molar-refractivity contribution in [2.75, 3.05) is 11.9 Å². The normalized spacial score (nSPS) is 15.7. The highest BCUT2D eigenvalue weighted by Gasteiger charge is 2.20. The molecule has 3 nitrogen and oxygen atoms in total. The van der Waals surface area contributed by atoms with Crippen molar-refractivity contribution in [2.45, 2.75) is 45.4 Å². The number of anilines is 1. The molecule has 2 rings (SSSR count). The SMILES string of the molecule is Cc1cc(NC(=O)C2CCCCCC2)ccc1C#CCN. The van der Waals surface area contributed by atoms with Gasteiger partial charge >= 0.3 is 0 Å². The lowest BCUT2D eigenvalue weighted by atomic mass is 9.99. The zero-order chi connectivity index (χ0) is 15.1. The molecular weight excluding hydrogens is 260 g/mol. The van der Waals surface area contributed by atoms with Gasteiger partial charge in [0.05, 0.1) is 6.54 Å². The Bertz CT molecular complexity index is 546. The highest BCUT2D eigenvalue weighted by molar-refractivity contribution is 5.92. The lowest BCUT2D eigenvalue weighted by molar-refractivity contribution is -0.120. The van der Waals surface area contributed by atoms with Crippen molar-refractivity contribution in [3.05, 3.63) is 29.3 Å². The maximum Gasteiger partial charge on any atom is 0.227 e. The summed E-state index contributed by atoms with van der Waals surface area (Å²) < 4.78 is 0. The zero-order valence-corrected chi connectivity index (χ0v) is 12.7. The zero-order valence-electron chi connectivity index (χ0n) is 12.7. The molecule has 1 amide bonds. The summed E-state index contributed by atoms with van der Waals surface area (Å²) in [6, 6.07) is 5.85. The van der Waals surface area contributed by atoms with Gasteiger partial charge < -0.3 is 11.1 Å². The standard InChI is InChI=1S/C18H24N2O/c1-14-13-17(11-10-15(14)9-6-12-19)20-18(21)16-7-4-2-3-5-8-16/h10-11,13,16H,2-5,7-8,12,19H2,1H3,(H,20,21). The molecule has 3 N–H and O–H groups in total. The average Bonchev–Trinajstić information content (AvgIpc) is 2.75. The van der Waals surface area contributed by atoms with Crippen molar-refractivity contribution in [3.8, 4) is 11.8 Å². The van der Waals surface area contributed by atoms with Crippen LogP contribution in [0.2, 0.25) is 0 Å². The van der Waals surface area contributed by atoms with Gasteiger partial charge in [-0.1, -0.05) is 37.5 Å². The summed E-state index contributed by atoms with van der Waals surface area (Å²) >= 11 is 0. The number of aryl methyl sites for hydroxylation is 1. The average molecular weight is 284 g/mol. The molecule has 1 aliphatic carbocycles. The van der Waals surface area contributed by atoms with Crippen LogP contribution in [-0.2, 0) is 4.79 Å². The smallest absolute Gasteiger partial charge is 0.227 e. The molecule has 0 atom stereocenters. The first kappa shape index (κ1) is 15.6. The number of amides is 1. The minimum absolute atomic E-state index is 0.164. The number of nitrogens with two attached hydrogens (primary N) is 1. The van der Waals surface area contributed by atoms with Gasteiger partial charge in [-0.05, 0) is 43.5 Å². The second-order valence-electron chi connectivity index (χ2n) is 5.71. The fourth-order valence-electron chi connectivity index (χ4n) is 2.81. The van der Waals surface area contributed by atoms with E-state index in [0.29, 0.717) is 6.54 Å². The highest BCUT2D eigenvalue weighted by atomic mass is 16.1. The monoisotopic (exact) mass is 284 g/mol. The summed E-state index contributed by atoms with van der Waals surface area (Å²) in [4.78, 5) is 12.3. The fourth-order valence-corrected chi connectivity index (χ4v) is 2.81. The molecule has 112 valence electrons. The molecule has 0 aliphatic heterocycles. The van der Waals surface area contributed by atoms with E-state index in [-0.39, 0.29) is 11.8 Å². The van der Waals surface area contributed by atoms with Gasteiger partial charge in [-0.15, -0.1) is 0 Å². The molecule has 1 saturated carbocycles. The Morgan fingerprint density at radius 2 is 2.00 bits per heavy atom. The van der Waals surface area contributed by atoms with Crippen LogP contribution in [0.15, 0.2) is 18.2 Å². The third-order valence-electron chi connectivity index (χ3n) is 4.05. The first-order chi connectivity index (χ1) is 10.2. The number of hydrogen-bond donors (Lipinski definition) is 2. The van der Waals surface area contributed by atoms with Crippen LogP contribution in [0.5, 0.6) is 0 Å². The summed E-state index contributed by atoms with van der Waals surface area (Å²) in [5, 5.41) is 3.05. The quantitative estimate of drug-likeness (QED) is 0.647. The van der Waals surface area contributed by atoms with Gasteiger partial charge in [-0.25, -0.2) is 0 Å². The number of benzene rings is 1. The van der Waals surface area contributed by atoms with Crippen LogP contribution in [0.4, 0.5) is 5.69 Å². The Morgan fingerprint density at radius 3 is 2.62 bits per heavy atom. The van der Waals surface area contributed by atoms with E-state index in [1.165, 1.54) is 25.7 Å². The topological polar surface area (TPSA) is 55.1 Å². The third kappa shape index (κ3) is 4.61. The molecule has 1 aliphatic rings. The predicted molar refractivity (Wildman–Crippen MR) is 86.9 cm³/mol. The van der Waals surface area contributed by atoms with E-state index >= 15 is 0 Å². The first-order valence-electron chi connectivity index (χ1n) is 7.81. The number of hydrogen-bond acceptors (Lipinski definition) is 2. The minimum atomic E-state index is 0.164. The van der Waals surface area contributed by atoms with E-state index in [2.05, 4.69) is 17.2 Å². The number of carbonyl (C=O) groups excluding carboxylic acids is 1. The van der Waals surface area contributed by atoms with Crippen molar-refractivity contribution < 1.29 is 4.79 Å². The highest BCUT2D eigenvalue weighted by Crippen LogP contribution is 2.24. The third-order valence-corrected chi connectivity index (χ3v) is 4.05. The van der Waals surface area contributed by atoms with Crippen LogP contribution in [0.25, 0.3) is 0 Å². The Labute approximate surface area is 127 Å². The summed E-state index contributed by atoms with van der Waals surface area (Å²) in [6.45, 7) is 2.36. The van der Waals surface area contributed by atoms with E-state index < -0.39 is 0 Å². The molecule has 1 aromatic carbocycles. The van der Waals surface area contributed by atoms with Crippen LogP contribution >= 0.6 is 0 Å². The van der Waals surface area contributed by atoms with Crippen molar-refractivity contribution in [1.82, 2.24) is 0 Å². The molecule has 0 radical (unpaired) electrons. The summed E-state index contributed by atoms with van der Waals surface area (Å²) in [5.74, 6) is 6.23. The van der Waals surface area contributed by atoms with Crippen molar-refractivity contribution in [3.63, 3.8) is 0 Å². The molecule has 21 heavy (non-hydrogen) atoms. The Morgan fingerprint density at radius 1 is 1.29 bits per heavy atom. The maximum absolute atomic E-state index is 12.3. The minimum Gasteiger partial charge on any atom is -0.326 e. The van der Waals surface area contributed by atoms with Gasteiger partial charge in [0.2, 0.25) is 5.91 Å². The molecule has 0 unspecified atom stereocenters. The van der Waals surface area contributed by atoms with Crippen molar-refractivity contribution in [1.29, 1.82) is 0 Å². The molecule has 0 aromatic heterocycles. The fraction of sp³-hybridized carbons (Fsp3) is 0.500. The first-order valence-corrected chi connectivity index (χ1v) is 7.81. The summed E-state index contributed by atoms with van der Waals surface area (Å²) in [7, 11) is 0. The molecule has 0 spiro atoms. The second-order valence-corrected chi connectivity index (χ2v) is 5.71. The maximum atomic E-state index is 12.3. The number of nitrogens with one attached hydrogen (secondary N) is 1. The van der Waals surface area contributed by atoms with Crippen LogP contribution in [0.1, 0.15) is 49.7 Å². The Kier molecular flexibility index (Phi) is 5.83. The van der Waals surface area contributed by atoms with E-state index in [1.54, 1.807) is 0 Å². The van der Waals surface area contributed by atoms with Gasteiger partial charge in [0.1, 0.15) is 0 Å². The van der Waals surface area contributed by atoms with Gasteiger partial charge in [0.15, 0.2) is 0 Å². The van der Waals surface area contributed by atoms with Gasteiger partial charge in [0.25, 0.3) is 0 Å². The second kappa shape index (κ2) is 7.85. The molecule has 1 aromatic rings. The Balaban J connectivity index is 2.02. The summed E-state index contributed by atoms with van der Waals surface area (Å²) in [5.41, 5.74) is 8.28. The molecule has 0 bridgehead atoms. The largest absolute Gasteiger partial charge is 0.326 e. The van der Waals surface area contributed by atoms with E-state index in [9.17, 15) is 4.79 Å². The molecular formula is C18H24N2O. The Hall–Kier alpha value is -1.79. The van der Waals surface area contributed by atoms with Crippen LogP contribution in [0, 0.1) is 24.7 Å². The van der Waals surface area contributed by atoms with E-state index in [0.717, 1.165) is 29.7 Å². The van der Waals surface area contributed by atoms with E-state index in [4.69, 9.17) is 5.73 Å². The van der Waals surface area contributed by atoms with Gasteiger partial charge in [0, 0.05) is 17.2 Å². The van der Waals surface area contributed by atoms with Crippen molar-refractivity contribution >= 4 is 11.6 Å². The molecule has 0 saturated heterocycles. The number of carbonyl (C=O) groups is 1. The van der Waals surface area contributed by atoms with Crippen LogP contribution in [0.3, 0.4) is 0 Å². The lowest BCUT2D eigenvalue weighted by Gasteiger charge is -2.14. The predicted octanol–water partition coefficient (Wildman–Crippen LogP) is 3.21. The van der Waals surface area contributed by atoms with Gasteiger partial charge in [-0.2, -0.15) is 0 Å². The van der Waals surface area contributed by atoms with Crippen molar-refractivity contribution in [2.24, 2.45) is 11.7 Å². The molecule has 1 fully saturated rings. The van der Waals surface area contributed by atoms with E-state index in [1.807, 2.05) is 25.1 Å². The van der Waals surface area contributed by atoms with Crippen LogP contribution < -0.4 is 11.1 Å². The molecule has 3 heteroatoms. The lowest BCUT2D eigenvalue weighted by Crippen LogP contribution is -2.22. The molecule has 0 heterocycles.